The molecule has 0 N–H and O–H groups in total. The monoisotopic (exact) mass is 369 g/mol. The van der Waals surface area contributed by atoms with E-state index < -0.39 is 18.8 Å². The first-order chi connectivity index (χ1) is 9.54. The molecule has 1 heterocycles. The Labute approximate surface area is 146 Å². The predicted octanol–water partition coefficient (Wildman–Crippen LogP) is 3.63. The quantitative estimate of drug-likeness (QED) is 0.752. The van der Waals surface area contributed by atoms with Gasteiger partial charge in [-0.2, -0.15) is 12.2 Å². The summed E-state index contributed by atoms with van der Waals surface area (Å²) in [5.74, 6) is -0.302. The van der Waals surface area contributed by atoms with Crippen molar-refractivity contribution in [2.24, 2.45) is 0 Å². The van der Waals surface area contributed by atoms with Crippen LogP contribution in [0.3, 0.4) is 0 Å². The minimum absolute atomic E-state index is 0. The zero-order chi connectivity index (χ0) is 14.7. The molecule has 1 radical (unpaired) electrons. The molecule has 6 heteroatoms. The van der Waals surface area contributed by atoms with Crippen molar-refractivity contribution in [2.45, 2.75) is 6.43 Å². The van der Waals surface area contributed by atoms with Crippen LogP contribution in [0.5, 0.6) is 5.75 Å². The van der Waals surface area contributed by atoms with Gasteiger partial charge in [0.25, 0.3) is 6.43 Å². The van der Waals surface area contributed by atoms with E-state index in [-0.39, 0.29) is 49.7 Å². The molecule has 0 fully saturated rings. The summed E-state index contributed by atoms with van der Waals surface area (Å²) in [7, 11) is 1.39. The fourth-order valence-electron chi connectivity index (χ4n) is 1.99. The number of ether oxygens (including phenoxy) is 1. The molecule has 21 heavy (non-hydrogen) atoms. The smallest absolute Gasteiger partial charge is 0.256 e. The third kappa shape index (κ3) is 3.98. The molecule has 1 aromatic rings. The van der Waals surface area contributed by atoms with Gasteiger partial charge in [0.2, 0.25) is 0 Å². The minimum Gasteiger partial charge on any atom is -0.509 e. The summed E-state index contributed by atoms with van der Waals surface area (Å²) < 4.78 is 44.5. The Morgan fingerprint density at radius 3 is 2.71 bits per heavy atom. The Kier molecular flexibility index (Phi) is 6.68. The van der Waals surface area contributed by atoms with Gasteiger partial charge in [0, 0.05) is 32.7 Å². The summed E-state index contributed by atoms with van der Waals surface area (Å²) in [5, 5.41) is 0. The van der Waals surface area contributed by atoms with Crippen molar-refractivity contribution in [3.05, 3.63) is 60.1 Å². The molecule has 0 amide bonds. The maximum Gasteiger partial charge on any atom is 0.256 e. The van der Waals surface area contributed by atoms with Gasteiger partial charge in [-0.15, -0.1) is 6.08 Å². The number of halogens is 3. The van der Waals surface area contributed by atoms with Crippen molar-refractivity contribution in [3.8, 4) is 5.75 Å². The van der Waals surface area contributed by atoms with Crippen LogP contribution in [-0.2, 0) is 32.7 Å². The fourth-order valence-corrected chi connectivity index (χ4v) is 1.99. The van der Waals surface area contributed by atoms with Crippen LogP contribution in [0.25, 0.3) is 5.70 Å². The van der Waals surface area contributed by atoms with E-state index in [0.717, 1.165) is 0 Å². The van der Waals surface area contributed by atoms with Crippen LogP contribution >= 0.6 is 0 Å². The standard InChI is InChI=1S/C15H13F3NO.Y/c1-10-5-3-7-12(19(10)9-14(17)18)15-11(16)6-4-8-13(15)20-2;/h3-6,8,14H,1,9H2,2H3;/q-1;. The number of alkyl halides is 2. The molecule has 0 saturated heterocycles. The van der Waals surface area contributed by atoms with Gasteiger partial charge >= 0.3 is 0 Å². The van der Waals surface area contributed by atoms with E-state index in [1.807, 2.05) is 0 Å². The van der Waals surface area contributed by atoms with E-state index >= 15 is 0 Å². The maximum atomic E-state index is 14.1. The van der Waals surface area contributed by atoms with Gasteiger partial charge in [0.1, 0.15) is 0 Å². The second-order valence-electron chi connectivity index (χ2n) is 4.14. The van der Waals surface area contributed by atoms with Gasteiger partial charge in [-0.25, -0.2) is 13.2 Å². The molecule has 0 aromatic heterocycles. The van der Waals surface area contributed by atoms with E-state index in [1.54, 1.807) is 12.1 Å². The molecule has 0 spiro atoms. The van der Waals surface area contributed by atoms with Gasteiger partial charge in [0.15, 0.2) is 0 Å². The third-order valence-electron chi connectivity index (χ3n) is 2.87. The number of hydrogen-bond donors (Lipinski definition) is 0. The zero-order valence-electron chi connectivity index (χ0n) is 11.4. The largest absolute Gasteiger partial charge is 0.509 e. The number of nitrogens with zero attached hydrogens (tertiary/aromatic N) is 1. The molecular formula is C15H13F3NOY-. The molecule has 0 atom stereocenters. The average molecular weight is 369 g/mol. The molecule has 2 nitrogen and oxygen atoms in total. The summed E-state index contributed by atoms with van der Waals surface area (Å²) in [6.45, 7) is 3.11. The van der Waals surface area contributed by atoms with Crippen molar-refractivity contribution in [3.63, 3.8) is 0 Å². The van der Waals surface area contributed by atoms with Crippen molar-refractivity contribution >= 4 is 5.70 Å². The van der Waals surface area contributed by atoms with Crippen molar-refractivity contribution in [1.29, 1.82) is 0 Å². The fraction of sp³-hybridized carbons (Fsp3) is 0.200. The number of methoxy groups -OCH3 is 1. The summed E-state index contributed by atoms with van der Waals surface area (Å²) >= 11 is 0. The van der Waals surface area contributed by atoms with E-state index in [9.17, 15) is 13.2 Å². The zero-order valence-corrected chi connectivity index (χ0v) is 14.3. The molecule has 0 bridgehead atoms. The van der Waals surface area contributed by atoms with Crippen molar-refractivity contribution < 1.29 is 50.6 Å². The van der Waals surface area contributed by atoms with Crippen LogP contribution in [0, 0.1) is 11.9 Å². The summed E-state index contributed by atoms with van der Waals surface area (Å²) in [6, 6.07) is 4.30. The Bertz CT molecular complexity index is 584. The first-order valence-electron chi connectivity index (χ1n) is 5.92. The van der Waals surface area contributed by atoms with E-state index in [2.05, 4.69) is 12.7 Å². The SMILES string of the molecule is C=C1C=C[C-]=C(c2c(F)cccc2OC)N1CC(F)F.[Y]. The van der Waals surface area contributed by atoms with Gasteiger partial charge in [-0.1, -0.05) is 18.3 Å². The van der Waals surface area contributed by atoms with E-state index in [4.69, 9.17) is 4.74 Å². The molecule has 109 valence electrons. The summed E-state index contributed by atoms with van der Waals surface area (Å²) in [6.07, 6.45) is 3.27. The number of benzene rings is 1. The van der Waals surface area contributed by atoms with Crippen LogP contribution in [0.4, 0.5) is 13.2 Å². The van der Waals surface area contributed by atoms with E-state index in [0.29, 0.717) is 5.70 Å². The molecule has 0 saturated carbocycles. The van der Waals surface area contributed by atoms with Crippen LogP contribution in [0.1, 0.15) is 5.56 Å². The molecule has 2 rings (SSSR count). The molecule has 1 aliphatic rings. The van der Waals surface area contributed by atoms with Crippen LogP contribution < -0.4 is 4.74 Å². The molecular weight excluding hydrogens is 356 g/mol. The maximum absolute atomic E-state index is 14.1. The van der Waals surface area contributed by atoms with Gasteiger partial charge in [-0.3, -0.25) is 0 Å². The Balaban J connectivity index is 0.00000220. The average Bonchev–Trinajstić information content (AvgIpc) is 2.40. The van der Waals surface area contributed by atoms with E-state index in [1.165, 1.54) is 30.2 Å². The van der Waals surface area contributed by atoms with Gasteiger partial charge in [0.05, 0.1) is 25.2 Å². The van der Waals surface area contributed by atoms with Crippen LogP contribution in [-0.4, -0.2) is 25.0 Å². The minimum atomic E-state index is -2.58. The Morgan fingerprint density at radius 1 is 1.38 bits per heavy atom. The number of allylic oxidation sites excluding steroid dienone is 3. The predicted molar refractivity (Wildman–Crippen MR) is 70.6 cm³/mol. The number of rotatable bonds is 4. The normalized spacial score (nSPS) is 14.0. The summed E-state index contributed by atoms with van der Waals surface area (Å²) in [4.78, 5) is 1.23. The molecule has 1 aromatic carbocycles. The first kappa shape index (κ1) is 18.0. The van der Waals surface area contributed by atoms with Gasteiger partial charge in [-0.05, 0) is 23.4 Å². The van der Waals surface area contributed by atoms with Gasteiger partial charge < -0.3 is 9.64 Å². The second-order valence-corrected chi connectivity index (χ2v) is 4.14. The Morgan fingerprint density at radius 2 is 2.10 bits per heavy atom. The van der Waals surface area contributed by atoms with Crippen LogP contribution in [0.2, 0.25) is 0 Å². The Hall–Kier alpha value is -1.07. The molecule has 1 aliphatic heterocycles. The van der Waals surface area contributed by atoms with Crippen LogP contribution in [0.15, 0.2) is 42.6 Å². The van der Waals surface area contributed by atoms with Crippen molar-refractivity contribution in [1.82, 2.24) is 4.90 Å². The third-order valence-corrected chi connectivity index (χ3v) is 2.87. The topological polar surface area (TPSA) is 12.5 Å². The first-order valence-corrected chi connectivity index (χ1v) is 5.92. The number of hydrogen-bond acceptors (Lipinski definition) is 2. The van der Waals surface area contributed by atoms with Crippen molar-refractivity contribution in [2.75, 3.05) is 13.7 Å². The molecule has 0 aliphatic carbocycles. The molecule has 0 unspecified atom stereocenters. The summed E-state index contributed by atoms with van der Waals surface area (Å²) in [5.41, 5.74) is 0.637. The second kappa shape index (κ2) is 7.80.